The lowest BCUT2D eigenvalue weighted by molar-refractivity contribution is 0.0706. The molecule has 1 fully saturated rings. The maximum atomic E-state index is 11.4. The summed E-state index contributed by atoms with van der Waals surface area (Å²) in [6.45, 7) is 0.883. The van der Waals surface area contributed by atoms with Crippen molar-refractivity contribution in [1.82, 2.24) is 20.5 Å². The van der Waals surface area contributed by atoms with Crippen LogP contribution in [0.1, 0.15) is 42.5 Å². The molecule has 0 aliphatic heterocycles. The maximum Gasteiger partial charge on any atom is 0.274 e. The van der Waals surface area contributed by atoms with E-state index >= 15 is 0 Å². The van der Waals surface area contributed by atoms with Gasteiger partial charge >= 0.3 is 0 Å². The first-order valence-electron chi connectivity index (χ1n) is 7.71. The second-order valence-electron chi connectivity index (χ2n) is 5.83. The molecular weight excluding hydrogens is 280 g/mol. The van der Waals surface area contributed by atoms with Crippen LogP contribution in [-0.4, -0.2) is 26.1 Å². The van der Waals surface area contributed by atoms with Crippen LogP contribution in [0.2, 0.25) is 0 Å². The van der Waals surface area contributed by atoms with E-state index in [4.69, 9.17) is 5.21 Å². The summed E-state index contributed by atoms with van der Waals surface area (Å²) in [4.78, 5) is 11.4. The number of benzene rings is 1. The molecule has 1 amide bonds. The summed E-state index contributed by atoms with van der Waals surface area (Å²) in [7, 11) is 0. The van der Waals surface area contributed by atoms with E-state index < -0.39 is 5.91 Å². The SMILES string of the molecule is O=C(NO)c1cccc(-c2cn(CCC3CCCC3)nn2)c1. The van der Waals surface area contributed by atoms with Crippen LogP contribution in [0.25, 0.3) is 11.3 Å². The van der Waals surface area contributed by atoms with Gasteiger partial charge in [-0.3, -0.25) is 14.7 Å². The largest absolute Gasteiger partial charge is 0.288 e. The van der Waals surface area contributed by atoms with Gasteiger partial charge in [0.1, 0.15) is 5.69 Å². The van der Waals surface area contributed by atoms with Crippen LogP contribution in [0.4, 0.5) is 0 Å². The number of rotatable bonds is 5. The summed E-state index contributed by atoms with van der Waals surface area (Å²) in [6, 6.07) is 6.97. The number of amides is 1. The van der Waals surface area contributed by atoms with Crippen molar-refractivity contribution in [2.24, 2.45) is 5.92 Å². The molecule has 0 radical (unpaired) electrons. The van der Waals surface area contributed by atoms with Crippen molar-refractivity contribution in [3.8, 4) is 11.3 Å². The molecule has 0 unspecified atom stereocenters. The number of carbonyl (C=O) groups is 1. The highest BCUT2D eigenvalue weighted by molar-refractivity contribution is 5.94. The van der Waals surface area contributed by atoms with E-state index in [2.05, 4.69) is 10.3 Å². The van der Waals surface area contributed by atoms with Gasteiger partial charge in [-0.05, 0) is 24.5 Å². The Morgan fingerprint density at radius 2 is 2.18 bits per heavy atom. The van der Waals surface area contributed by atoms with E-state index in [0.29, 0.717) is 5.56 Å². The molecule has 1 heterocycles. The number of carbonyl (C=O) groups excluding carboxylic acids is 1. The monoisotopic (exact) mass is 300 g/mol. The van der Waals surface area contributed by atoms with Crippen LogP contribution in [0.3, 0.4) is 0 Å². The minimum Gasteiger partial charge on any atom is -0.288 e. The molecule has 6 heteroatoms. The Kier molecular flexibility index (Phi) is 4.48. The Labute approximate surface area is 129 Å². The van der Waals surface area contributed by atoms with Gasteiger partial charge in [-0.2, -0.15) is 0 Å². The first-order valence-corrected chi connectivity index (χ1v) is 7.71. The molecule has 6 nitrogen and oxygen atoms in total. The summed E-state index contributed by atoms with van der Waals surface area (Å²) in [5, 5.41) is 17.0. The third kappa shape index (κ3) is 3.33. The van der Waals surface area contributed by atoms with E-state index in [1.807, 2.05) is 16.9 Å². The molecule has 2 aromatic rings. The number of aryl methyl sites for hydroxylation is 1. The topological polar surface area (TPSA) is 80.0 Å². The molecule has 2 N–H and O–H groups in total. The fourth-order valence-corrected chi connectivity index (χ4v) is 3.04. The zero-order valence-electron chi connectivity index (χ0n) is 12.4. The van der Waals surface area contributed by atoms with Crippen molar-refractivity contribution in [2.75, 3.05) is 0 Å². The molecule has 22 heavy (non-hydrogen) atoms. The van der Waals surface area contributed by atoms with Crippen molar-refractivity contribution in [1.29, 1.82) is 0 Å². The third-order valence-corrected chi connectivity index (χ3v) is 4.30. The summed E-state index contributed by atoms with van der Waals surface area (Å²) < 4.78 is 1.87. The average Bonchev–Trinajstić information content (AvgIpc) is 3.23. The number of hydroxylamine groups is 1. The van der Waals surface area contributed by atoms with Gasteiger partial charge in [-0.25, -0.2) is 5.48 Å². The zero-order chi connectivity index (χ0) is 15.4. The zero-order valence-corrected chi connectivity index (χ0v) is 12.4. The lowest BCUT2D eigenvalue weighted by Crippen LogP contribution is -2.18. The molecule has 116 valence electrons. The first kappa shape index (κ1) is 14.7. The smallest absolute Gasteiger partial charge is 0.274 e. The number of nitrogens with zero attached hydrogens (tertiary/aromatic N) is 3. The van der Waals surface area contributed by atoms with Crippen molar-refractivity contribution < 1.29 is 10.0 Å². The van der Waals surface area contributed by atoms with E-state index in [9.17, 15) is 4.79 Å². The highest BCUT2D eigenvalue weighted by atomic mass is 16.5. The van der Waals surface area contributed by atoms with Gasteiger partial charge in [0, 0.05) is 17.7 Å². The molecule has 1 aliphatic carbocycles. The number of hydrogen-bond acceptors (Lipinski definition) is 4. The second kappa shape index (κ2) is 6.70. The first-order chi connectivity index (χ1) is 10.8. The average molecular weight is 300 g/mol. The maximum absolute atomic E-state index is 11.4. The molecule has 1 aromatic heterocycles. The van der Waals surface area contributed by atoms with Crippen LogP contribution in [0.15, 0.2) is 30.5 Å². The van der Waals surface area contributed by atoms with Crippen molar-refractivity contribution in [3.05, 3.63) is 36.0 Å². The van der Waals surface area contributed by atoms with Crippen molar-refractivity contribution in [3.63, 3.8) is 0 Å². The molecule has 1 saturated carbocycles. The lowest BCUT2D eigenvalue weighted by atomic mass is 10.0. The van der Waals surface area contributed by atoms with Crippen molar-refractivity contribution >= 4 is 5.91 Å². The van der Waals surface area contributed by atoms with Crippen molar-refractivity contribution in [2.45, 2.75) is 38.6 Å². The molecule has 1 aliphatic rings. The number of aromatic nitrogens is 3. The van der Waals surface area contributed by atoms with Crippen LogP contribution in [-0.2, 0) is 6.54 Å². The molecule has 0 spiro atoms. The standard InChI is InChI=1S/C16H20N4O2/c21-16(18-22)14-7-3-6-13(10-14)15-11-20(19-17-15)9-8-12-4-1-2-5-12/h3,6-7,10-12,22H,1-2,4-5,8-9H2,(H,18,21). The highest BCUT2D eigenvalue weighted by Gasteiger charge is 2.15. The lowest BCUT2D eigenvalue weighted by Gasteiger charge is -2.07. The van der Waals surface area contributed by atoms with Crippen LogP contribution in [0, 0.1) is 5.92 Å². The fourth-order valence-electron chi connectivity index (χ4n) is 3.04. The summed E-state index contributed by atoms with van der Waals surface area (Å²) in [5.41, 5.74) is 3.57. The van der Waals surface area contributed by atoms with E-state index in [1.165, 1.54) is 25.7 Å². The number of nitrogens with one attached hydrogen (secondary N) is 1. The molecular formula is C16H20N4O2. The van der Waals surface area contributed by atoms with Gasteiger partial charge in [0.05, 0.1) is 6.20 Å². The second-order valence-corrected chi connectivity index (χ2v) is 5.83. The van der Waals surface area contributed by atoms with Gasteiger partial charge in [-0.1, -0.05) is 43.0 Å². The Morgan fingerprint density at radius 3 is 2.95 bits per heavy atom. The Bertz CT molecular complexity index is 647. The minimum atomic E-state index is -0.532. The fraction of sp³-hybridized carbons (Fsp3) is 0.438. The van der Waals surface area contributed by atoms with Gasteiger partial charge in [-0.15, -0.1) is 5.10 Å². The number of hydrogen-bond donors (Lipinski definition) is 2. The molecule has 0 bridgehead atoms. The summed E-state index contributed by atoms with van der Waals surface area (Å²) in [5.74, 6) is 0.291. The quantitative estimate of drug-likeness (QED) is 0.657. The summed E-state index contributed by atoms with van der Waals surface area (Å²) >= 11 is 0. The van der Waals surface area contributed by atoms with Gasteiger partial charge in [0.15, 0.2) is 0 Å². The Hall–Kier alpha value is -2.21. The predicted molar refractivity (Wildman–Crippen MR) is 81.3 cm³/mol. The Balaban J connectivity index is 1.68. The van der Waals surface area contributed by atoms with Gasteiger partial charge in [0.25, 0.3) is 5.91 Å². The third-order valence-electron chi connectivity index (χ3n) is 4.30. The molecule has 0 saturated heterocycles. The normalized spacial score (nSPS) is 15.1. The summed E-state index contributed by atoms with van der Waals surface area (Å²) in [6.07, 6.45) is 8.43. The van der Waals surface area contributed by atoms with Gasteiger partial charge < -0.3 is 0 Å². The molecule has 1 aromatic carbocycles. The highest BCUT2D eigenvalue weighted by Crippen LogP contribution is 2.28. The predicted octanol–water partition coefficient (Wildman–Crippen LogP) is 2.64. The van der Waals surface area contributed by atoms with Crippen LogP contribution in [0.5, 0.6) is 0 Å². The van der Waals surface area contributed by atoms with Gasteiger partial charge in [0.2, 0.25) is 0 Å². The van der Waals surface area contributed by atoms with E-state index in [0.717, 1.165) is 30.1 Å². The Morgan fingerprint density at radius 1 is 1.36 bits per heavy atom. The molecule has 3 rings (SSSR count). The molecule has 0 atom stereocenters. The van der Waals surface area contributed by atoms with E-state index in [1.54, 1.807) is 23.7 Å². The van der Waals surface area contributed by atoms with Crippen LogP contribution < -0.4 is 5.48 Å². The minimum absolute atomic E-state index is 0.389. The van der Waals surface area contributed by atoms with Crippen LogP contribution >= 0.6 is 0 Å². The van der Waals surface area contributed by atoms with E-state index in [-0.39, 0.29) is 0 Å².